The molecule has 2 aliphatic rings. The Hall–Kier alpha value is -1.08. The predicted octanol–water partition coefficient (Wildman–Crippen LogP) is 1.07. The quantitative estimate of drug-likeness (QED) is 0.875. The average molecular weight is 282 g/mol. The number of amides is 1. The van der Waals surface area contributed by atoms with E-state index in [1.54, 1.807) is 0 Å². The molecule has 1 aromatic heterocycles. The van der Waals surface area contributed by atoms with Gasteiger partial charge in [0.1, 0.15) is 0 Å². The van der Waals surface area contributed by atoms with E-state index < -0.39 is 0 Å². The van der Waals surface area contributed by atoms with Gasteiger partial charge in [0.2, 0.25) is 5.89 Å². The normalized spacial score (nSPS) is 27.7. The van der Waals surface area contributed by atoms with Gasteiger partial charge in [-0.05, 0) is 19.4 Å². The summed E-state index contributed by atoms with van der Waals surface area (Å²) < 4.78 is 5.21. The maximum absolute atomic E-state index is 12.3. The molecule has 1 amide bonds. The van der Waals surface area contributed by atoms with Gasteiger partial charge in [-0.3, -0.25) is 4.79 Å². The van der Waals surface area contributed by atoms with Crippen LogP contribution in [0.4, 0.5) is 0 Å². The van der Waals surface area contributed by atoms with Crippen LogP contribution in [0.15, 0.2) is 4.52 Å². The van der Waals surface area contributed by atoms with E-state index in [4.69, 9.17) is 4.52 Å². The third kappa shape index (κ3) is 2.76. The molecule has 6 nitrogen and oxygen atoms in total. The Balaban J connectivity index is 1.69. The van der Waals surface area contributed by atoms with Crippen LogP contribution in [0.3, 0.4) is 0 Å². The van der Waals surface area contributed by atoms with E-state index in [2.05, 4.69) is 22.4 Å². The number of thioether (sulfide) groups is 1. The number of hydrogen-bond donors (Lipinski definition) is 1. The number of carbonyl (C=O) groups is 1. The summed E-state index contributed by atoms with van der Waals surface area (Å²) in [6.45, 7) is 4.62. The van der Waals surface area contributed by atoms with Crippen LogP contribution in [0.2, 0.25) is 0 Å². The van der Waals surface area contributed by atoms with Gasteiger partial charge < -0.3 is 14.7 Å². The molecule has 3 rings (SSSR count). The second-order valence-electron chi connectivity index (χ2n) is 5.04. The molecule has 19 heavy (non-hydrogen) atoms. The highest BCUT2D eigenvalue weighted by molar-refractivity contribution is 7.99. The Bertz CT molecular complexity index is 458. The van der Waals surface area contributed by atoms with Crippen molar-refractivity contribution < 1.29 is 9.32 Å². The summed E-state index contributed by atoms with van der Waals surface area (Å²) in [5.41, 5.74) is 0. The van der Waals surface area contributed by atoms with Crippen LogP contribution in [0.25, 0.3) is 0 Å². The molecular formula is C12H18N4O2S. The molecule has 0 aliphatic carbocycles. The van der Waals surface area contributed by atoms with Crippen molar-refractivity contribution >= 4 is 17.7 Å². The molecule has 0 bridgehead atoms. The second-order valence-corrected chi connectivity index (χ2v) is 6.58. The van der Waals surface area contributed by atoms with Crippen molar-refractivity contribution in [3.05, 3.63) is 11.7 Å². The van der Waals surface area contributed by atoms with Crippen LogP contribution in [-0.2, 0) is 0 Å². The van der Waals surface area contributed by atoms with Crippen LogP contribution in [0.5, 0.6) is 0 Å². The summed E-state index contributed by atoms with van der Waals surface area (Å²) in [7, 11) is 0. The minimum Gasteiger partial charge on any atom is -0.337 e. The van der Waals surface area contributed by atoms with Crippen LogP contribution >= 0.6 is 11.8 Å². The highest BCUT2D eigenvalue weighted by Gasteiger charge is 2.28. The molecule has 104 valence electrons. The zero-order chi connectivity index (χ0) is 13.2. The fourth-order valence-electron chi connectivity index (χ4n) is 2.50. The maximum Gasteiger partial charge on any atom is 0.295 e. The van der Waals surface area contributed by atoms with Gasteiger partial charge >= 0.3 is 0 Å². The molecule has 0 aromatic carbocycles. The van der Waals surface area contributed by atoms with Crippen molar-refractivity contribution in [3.63, 3.8) is 0 Å². The summed E-state index contributed by atoms with van der Waals surface area (Å²) >= 11 is 1.89. The fraction of sp³-hybridized carbons (Fsp3) is 0.750. The number of rotatable bonds is 2. The van der Waals surface area contributed by atoms with E-state index in [9.17, 15) is 4.79 Å². The molecule has 1 aromatic rings. The predicted molar refractivity (Wildman–Crippen MR) is 72.1 cm³/mol. The van der Waals surface area contributed by atoms with Crippen LogP contribution in [0, 0.1) is 0 Å². The molecule has 0 saturated carbocycles. The zero-order valence-corrected chi connectivity index (χ0v) is 11.8. The number of hydrogen-bond acceptors (Lipinski definition) is 6. The lowest BCUT2D eigenvalue weighted by molar-refractivity contribution is 0.0747. The van der Waals surface area contributed by atoms with Crippen molar-refractivity contribution in [2.45, 2.75) is 31.1 Å². The fourth-order valence-corrected chi connectivity index (χ4v) is 3.52. The van der Waals surface area contributed by atoms with E-state index in [0.717, 1.165) is 38.2 Å². The molecule has 2 atom stereocenters. The minimum absolute atomic E-state index is 0.111. The standard InChI is InChI=1S/C12H18N4O2S/c1-8-7-16(5-6-19-8)12(17)10-14-11(18-15-10)9-3-2-4-13-9/h8-9,13H,2-7H2,1H3. The summed E-state index contributed by atoms with van der Waals surface area (Å²) in [5.74, 6) is 1.60. The largest absolute Gasteiger partial charge is 0.337 e. The first-order chi connectivity index (χ1) is 9.24. The summed E-state index contributed by atoms with van der Waals surface area (Å²) in [4.78, 5) is 18.4. The van der Waals surface area contributed by atoms with Crippen molar-refractivity contribution in [3.8, 4) is 0 Å². The van der Waals surface area contributed by atoms with Gasteiger partial charge in [0, 0.05) is 24.1 Å². The molecule has 1 N–H and O–H groups in total. The van der Waals surface area contributed by atoms with Gasteiger partial charge in [-0.2, -0.15) is 16.7 Å². The first kappa shape index (κ1) is 12.9. The highest BCUT2D eigenvalue weighted by atomic mass is 32.2. The van der Waals surface area contributed by atoms with Crippen LogP contribution in [-0.4, -0.2) is 51.6 Å². The Labute approximate surface area is 116 Å². The third-order valence-corrected chi connectivity index (χ3v) is 4.66. The third-order valence-electron chi connectivity index (χ3n) is 3.52. The maximum atomic E-state index is 12.3. The molecule has 2 aliphatic heterocycles. The Morgan fingerprint density at radius 3 is 3.21 bits per heavy atom. The van der Waals surface area contributed by atoms with E-state index >= 15 is 0 Å². The minimum atomic E-state index is -0.111. The second kappa shape index (κ2) is 5.50. The van der Waals surface area contributed by atoms with Crippen molar-refractivity contribution in [1.82, 2.24) is 20.4 Å². The van der Waals surface area contributed by atoms with Gasteiger partial charge in [-0.15, -0.1) is 0 Å². The lowest BCUT2D eigenvalue weighted by Gasteiger charge is -2.29. The Morgan fingerprint density at radius 1 is 1.58 bits per heavy atom. The summed E-state index contributed by atoms with van der Waals surface area (Å²) in [5, 5.41) is 7.60. The van der Waals surface area contributed by atoms with E-state index in [1.807, 2.05) is 16.7 Å². The number of nitrogens with one attached hydrogen (secondary N) is 1. The Kier molecular flexibility index (Phi) is 3.74. The lowest BCUT2D eigenvalue weighted by atomic mass is 10.2. The average Bonchev–Trinajstić information content (AvgIpc) is 3.08. The number of carbonyl (C=O) groups excluding carboxylic acids is 1. The van der Waals surface area contributed by atoms with Gasteiger partial charge in [0.15, 0.2) is 0 Å². The monoisotopic (exact) mass is 282 g/mol. The molecule has 0 spiro atoms. The van der Waals surface area contributed by atoms with Gasteiger partial charge in [-0.25, -0.2) is 0 Å². The van der Waals surface area contributed by atoms with Crippen molar-refractivity contribution in [1.29, 1.82) is 0 Å². The van der Waals surface area contributed by atoms with Crippen molar-refractivity contribution in [2.24, 2.45) is 0 Å². The SMILES string of the molecule is CC1CN(C(=O)c2noc(C3CCCN3)n2)CCS1. The number of aromatic nitrogens is 2. The molecule has 0 radical (unpaired) electrons. The van der Waals surface area contributed by atoms with Gasteiger partial charge in [0.25, 0.3) is 11.7 Å². The Morgan fingerprint density at radius 2 is 2.47 bits per heavy atom. The molecule has 7 heteroatoms. The lowest BCUT2D eigenvalue weighted by Crippen LogP contribution is -2.41. The number of nitrogens with zero attached hydrogens (tertiary/aromatic N) is 3. The van der Waals surface area contributed by atoms with E-state index in [1.165, 1.54) is 0 Å². The molecule has 2 unspecified atom stereocenters. The first-order valence-corrected chi connectivity index (χ1v) is 7.77. The first-order valence-electron chi connectivity index (χ1n) is 6.72. The van der Waals surface area contributed by atoms with E-state index in [0.29, 0.717) is 11.1 Å². The highest BCUT2D eigenvalue weighted by Crippen LogP contribution is 2.22. The van der Waals surface area contributed by atoms with Crippen molar-refractivity contribution in [2.75, 3.05) is 25.4 Å². The molecule has 2 saturated heterocycles. The summed E-state index contributed by atoms with van der Waals surface area (Å²) in [6.07, 6.45) is 2.10. The van der Waals surface area contributed by atoms with Gasteiger partial charge in [-0.1, -0.05) is 12.1 Å². The topological polar surface area (TPSA) is 71.3 Å². The smallest absolute Gasteiger partial charge is 0.295 e. The zero-order valence-electron chi connectivity index (χ0n) is 11.0. The molecular weight excluding hydrogens is 264 g/mol. The van der Waals surface area contributed by atoms with E-state index in [-0.39, 0.29) is 17.8 Å². The van der Waals surface area contributed by atoms with Crippen LogP contribution < -0.4 is 5.32 Å². The summed E-state index contributed by atoms with van der Waals surface area (Å²) in [6, 6.07) is 0.116. The molecule has 3 heterocycles. The molecule has 2 fully saturated rings. The van der Waals surface area contributed by atoms with Gasteiger partial charge in [0.05, 0.1) is 6.04 Å². The van der Waals surface area contributed by atoms with Crippen LogP contribution in [0.1, 0.15) is 42.3 Å².